The maximum Gasteiger partial charge on any atom is 0.160 e. The van der Waals surface area contributed by atoms with Crippen LogP contribution in [-0.2, 0) is 6.54 Å². The Kier molecular flexibility index (Phi) is 3.77. The summed E-state index contributed by atoms with van der Waals surface area (Å²) in [4.78, 5) is 10.7. The molecule has 0 aromatic carbocycles. The number of aliphatic hydroxyl groups excluding tert-OH is 1. The number of aryl methyl sites for hydroxylation is 1. The summed E-state index contributed by atoms with van der Waals surface area (Å²) in [5.41, 5.74) is 3.89. The Balaban J connectivity index is 2.26. The Morgan fingerprint density at radius 1 is 1.23 bits per heavy atom. The second-order valence-electron chi connectivity index (χ2n) is 5.39. The number of hydrogen-bond donors (Lipinski definition) is 1. The number of aromatic nitrogens is 4. The molecule has 0 radical (unpaired) electrons. The summed E-state index contributed by atoms with van der Waals surface area (Å²) in [6, 6.07) is 6.07. The van der Waals surface area contributed by atoms with Crippen LogP contribution in [0.1, 0.15) is 5.69 Å². The second-order valence-corrected chi connectivity index (χ2v) is 5.39. The predicted molar refractivity (Wildman–Crippen MR) is 86.9 cm³/mol. The highest BCUT2D eigenvalue weighted by Crippen LogP contribution is 2.30. The third-order valence-corrected chi connectivity index (χ3v) is 3.62. The van der Waals surface area contributed by atoms with Crippen LogP contribution in [0.3, 0.4) is 0 Å². The van der Waals surface area contributed by atoms with E-state index in [9.17, 15) is 5.11 Å². The first-order valence-electron chi connectivity index (χ1n) is 7.18. The molecule has 3 aromatic heterocycles. The number of pyridine rings is 2. The van der Waals surface area contributed by atoms with Gasteiger partial charge in [-0.1, -0.05) is 0 Å². The molecule has 0 aliphatic carbocycles. The Bertz CT molecular complexity index is 795. The fourth-order valence-electron chi connectivity index (χ4n) is 2.57. The molecular formula is C16H19N5O. The van der Waals surface area contributed by atoms with Gasteiger partial charge < -0.3 is 10.0 Å². The first-order chi connectivity index (χ1) is 10.6. The molecule has 22 heavy (non-hydrogen) atoms. The van der Waals surface area contributed by atoms with Gasteiger partial charge in [0.25, 0.3) is 0 Å². The number of anilines is 1. The minimum Gasteiger partial charge on any atom is -0.394 e. The molecule has 0 bridgehead atoms. The Morgan fingerprint density at radius 2 is 1.95 bits per heavy atom. The van der Waals surface area contributed by atoms with Gasteiger partial charge in [0.15, 0.2) is 11.5 Å². The van der Waals surface area contributed by atoms with Gasteiger partial charge in [-0.2, -0.15) is 5.10 Å². The van der Waals surface area contributed by atoms with Crippen molar-refractivity contribution in [2.45, 2.75) is 13.5 Å². The number of rotatable bonds is 4. The quantitative estimate of drug-likeness (QED) is 0.796. The summed E-state index contributed by atoms with van der Waals surface area (Å²) in [7, 11) is 3.91. The van der Waals surface area contributed by atoms with Crippen LogP contribution >= 0.6 is 0 Å². The summed E-state index contributed by atoms with van der Waals surface area (Å²) in [5, 5.41) is 14.8. The van der Waals surface area contributed by atoms with Crippen LogP contribution in [0.2, 0.25) is 0 Å². The van der Waals surface area contributed by atoms with Gasteiger partial charge in [0.2, 0.25) is 0 Å². The molecule has 114 valence electrons. The van der Waals surface area contributed by atoms with E-state index < -0.39 is 0 Å². The molecule has 0 aliphatic heterocycles. The summed E-state index contributed by atoms with van der Waals surface area (Å²) < 4.78 is 1.76. The standard InChI is InChI=1S/C16H19N5O/c1-11-13(12-4-6-17-7-5-12)10-14-15(18-11)21(8-9-22)19-16(14)20(2)3/h4-7,10,22H,8-9H2,1-3H3. The zero-order chi connectivity index (χ0) is 15.7. The highest BCUT2D eigenvalue weighted by molar-refractivity contribution is 5.92. The number of hydrogen-bond acceptors (Lipinski definition) is 5. The van der Waals surface area contributed by atoms with Crippen molar-refractivity contribution in [1.29, 1.82) is 0 Å². The minimum atomic E-state index is 0.0382. The Hall–Kier alpha value is -2.47. The first kappa shape index (κ1) is 14.5. The smallest absolute Gasteiger partial charge is 0.160 e. The van der Waals surface area contributed by atoms with Crippen LogP contribution in [0.5, 0.6) is 0 Å². The largest absolute Gasteiger partial charge is 0.394 e. The molecule has 0 saturated heterocycles. The minimum absolute atomic E-state index is 0.0382. The predicted octanol–water partition coefficient (Wildman–Crippen LogP) is 1.86. The lowest BCUT2D eigenvalue weighted by Gasteiger charge is -2.10. The van der Waals surface area contributed by atoms with Crippen molar-refractivity contribution in [1.82, 2.24) is 19.7 Å². The highest BCUT2D eigenvalue weighted by Gasteiger charge is 2.16. The monoisotopic (exact) mass is 297 g/mol. The molecule has 0 saturated carbocycles. The Labute approximate surface area is 129 Å². The van der Waals surface area contributed by atoms with E-state index in [2.05, 4.69) is 16.1 Å². The van der Waals surface area contributed by atoms with E-state index in [1.165, 1.54) is 0 Å². The van der Waals surface area contributed by atoms with Crippen molar-refractivity contribution >= 4 is 16.9 Å². The van der Waals surface area contributed by atoms with E-state index in [0.29, 0.717) is 6.54 Å². The number of fused-ring (bicyclic) bond motifs is 1. The molecule has 0 aliphatic rings. The molecule has 6 nitrogen and oxygen atoms in total. The van der Waals surface area contributed by atoms with Crippen LogP contribution in [0.15, 0.2) is 30.6 Å². The van der Waals surface area contributed by atoms with Crippen LogP contribution < -0.4 is 4.90 Å². The van der Waals surface area contributed by atoms with Gasteiger partial charge in [-0.15, -0.1) is 0 Å². The van der Waals surface area contributed by atoms with Gasteiger partial charge in [0.1, 0.15) is 0 Å². The van der Waals surface area contributed by atoms with Crippen molar-refractivity contribution in [2.75, 3.05) is 25.6 Å². The molecule has 3 heterocycles. The second kappa shape index (κ2) is 5.73. The van der Waals surface area contributed by atoms with Gasteiger partial charge >= 0.3 is 0 Å². The molecule has 3 aromatic rings. The molecule has 3 rings (SSSR count). The van der Waals surface area contributed by atoms with Gasteiger partial charge in [0, 0.05) is 37.7 Å². The normalized spacial score (nSPS) is 11.1. The topological polar surface area (TPSA) is 67.1 Å². The van der Waals surface area contributed by atoms with Crippen LogP contribution in [0, 0.1) is 6.92 Å². The zero-order valence-corrected chi connectivity index (χ0v) is 13.0. The summed E-state index contributed by atoms with van der Waals surface area (Å²) in [6.45, 7) is 2.46. The molecule has 0 atom stereocenters. The van der Waals surface area contributed by atoms with E-state index in [-0.39, 0.29) is 6.61 Å². The highest BCUT2D eigenvalue weighted by atomic mass is 16.3. The van der Waals surface area contributed by atoms with E-state index in [0.717, 1.165) is 33.7 Å². The molecule has 0 unspecified atom stereocenters. The zero-order valence-electron chi connectivity index (χ0n) is 13.0. The molecule has 0 spiro atoms. The van der Waals surface area contributed by atoms with Gasteiger partial charge in [-0.3, -0.25) is 4.98 Å². The van der Waals surface area contributed by atoms with E-state index in [1.54, 1.807) is 17.1 Å². The fraction of sp³-hybridized carbons (Fsp3) is 0.312. The van der Waals surface area contributed by atoms with Crippen LogP contribution in [-0.4, -0.2) is 45.6 Å². The maximum absolute atomic E-state index is 9.22. The number of aliphatic hydroxyl groups is 1. The van der Waals surface area contributed by atoms with Crippen LogP contribution in [0.4, 0.5) is 5.82 Å². The summed E-state index contributed by atoms with van der Waals surface area (Å²) in [5.74, 6) is 0.853. The van der Waals surface area contributed by atoms with Crippen molar-refractivity contribution in [2.24, 2.45) is 0 Å². The first-order valence-corrected chi connectivity index (χ1v) is 7.18. The number of nitrogens with zero attached hydrogens (tertiary/aromatic N) is 5. The lowest BCUT2D eigenvalue weighted by molar-refractivity contribution is 0.271. The molecule has 0 fully saturated rings. The van der Waals surface area contributed by atoms with Crippen molar-refractivity contribution < 1.29 is 5.11 Å². The third kappa shape index (κ3) is 2.42. The van der Waals surface area contributed by atoms with Crippen molar-refractivity contribution in [3.63, 3.8) is 0 Å². The van der Waals surface area contributed by atoms with Crippen molar-refractivity contribution in [3.05, 3.63) is 36.3 Å². The van der Waals surface area contributed by atoms with E-state index in [1.807, 2.05) is 38.1 Å². The fourth-order valence-corrected chi connectivity index (χ4v) is 2.57. The molecular weight excluding hydrogens is 278 g/mol. The van der Waals surface area contributed by atoms with Gasteiger partial charge in [-0.25, -0.2) is 9.67 Å². The lowest BCUT2D eigenvalue weighted by Crippen LogP contribution is -2.11. The van der Waals surface area contributed by atoms with E-state index >= 15 is 0 Å². The SMILES string of the molecule is Cc1nc2c(cc1-c1ccncc1)c(N(C)C)nn2CCO. The summed E-state index contributed by atoms with van der Waals surface area (Å²) >= 11 is 0. The Morgan fingerprint density at radius 3 is 2.59 bits per heavy atom. The van der Waals surface area contributed by atoms with E-state index in [4.69, 9.17) is 4.98 Å². The summed E-state index contributed by atoms with van der Waals surface area (Å²) in [6.07, 6.45) is 3.56. The average molecular weight is 297 g/mol. The molecule has 0 amide bonds. The van der Waals surface area contributed by atoms with Crippen molar-refractivity contribution in [3.8, 4) is 11.1 Å². The molecule has 6 heteroatoms. The maximum atomic E-state index is 9.22. The lowest BCUT2D eigenvalue weighted by atomic mass is 10.0. The van der Waals surface area contributed by atoms with Crippen LogP contribution in [0.25, 0.3) is 22.2 Å². The average Bonchev–Trinajstić information content (AvgIpc) is 2.86. The molecule has 1 N–H and O–H groups in total. The van der Waals surface area contributed by atoms with Gasteiger partial charge in [-0.05, 0) is 30.7 Å². The third-order valence-electron chi connectivity index (χ3n) is 3.62. The van der Waals surface area contributed by atoms with Gasteiger partial charge in [0.05, 0.1) is 18.5 Å².